The number of nitrogens with one attached hydrogen (secondary N) is 1. The summed E-state index contributed by atoms with van der Waals surface area (Å²) in [6, 6.07) is 5.09. The summed E-state index contributed by atoms with van der Waals surface area (Å²) in [5, 5.41) is 5.10. The smallest absolute Gasteiger partial charge is 0.272 e. The van der Waals surface area contributed by atoms with Gasteiger partial charge in [-0.2, -0.15) is 0 Å². The van der Waals surface area contributed by atoms with Gasteiger partial charge < -0.3 is 24.3 Å². The number of benzene rings is 1. The lowest BCUT2D eigenvalue weighted by atomic mass is 10.2. The molecule has 0 aliphatic carbocycles. The average molecular weight is 466 g/mol. The van der Waals surface area contributed by atoms with Gasteiger partial charge in [0.25, 0.3) is 5.56 Å². The number of fused-ring (bicyclic) bond motifs is 1. The van der Waals surface area contributed by atoms with Gasteiger partial charge in [0.2, 0.25) is 11.7 Å². The molecule has 0 spiro atoms. The Balaban J connectivity index is 1.78. The first-order valence-corrected chi connectivity index (χ1v) is 11.1. The lowest BCUT2D eigenvalue weighted by molar-refractivity contribution is -0.113. The fourth-order valence-electron chi connectivity index (χ4n) is 2.89. The maximum absolute atomic E-state index is 12.8. The molecule has 31 heavy (non-hydrogen) atoms. The van der Waals surface area contributed by atoms with E-state index in [1.165, 1.54) is 44.4 Å². The third-order valence-electron chi connectivity index (χ3n) is 4.33. The van der Waals surface area contributed by atoms with Crippen molar-refractivity contribution in [2.45, 2.75) is 11.7 Å². The first kappa shape index (κ1) is 22.9. The summed E-state index contributed by atoms with van der Waals surface area (Å²) in [4.78, 5) is 29.9. The normalized spacial score (nSPS) is 10.8. The van der Waals surface area contributed by atoms with Gasteiger partial charge in [-0.25, -0.2) is 4.98 Å². The molecule has 2 aromatic heterocycles. The number of anilines is 1. The van der Waals surface area contributed by atoms with Gasteiger partial charge in [0, 0.05) is 24.9 Å². The topological polar surface area (TPSA) is 101 Å². The van der Waals surface area contributed by atoms with Gasteiger partial charge in [0.1, 0.15) is 4.70 Å². The molecule has 0 fully saturated rings. The number of thioether (sulfide) groups is 1. The summed E-state index contributed by atoms with van der Waals surface area (Å²) in [7, 11) is 6.09. The largest absolute Gasteiger partial charge is 0.493 e. The molecule has 0 bridgehead atoms. The second-order valence-electron chi connectivity index (χ2n) is 6.23. The van der Waals surface area contributed by atoms with Crippen molar-refractivity contribution in [1.29, 1.82) is 0 Å². The molecule has 0 saturated carbocycles. The van der Waals surface area contributed by atoms with E-state index in [1.54, 1.807) is 29.9 Å². The van der Waals surface area contributed by atoms with Crippen LogP contribution in [0.4, 0.5) is 5.69 Å². The molecule has 2 heterocycles. The molecule has 166 valence electrons. The molecule has 1 amide bonds. The van der Waals surface area contributed by atoms with Crippen molar-refractivity contribution in [2.24, 2.45) is 0 Å². The molecule has 3 rings (SSSR count). The monoisotopic (exact) mass is 465 g/mol. The fourth-order valence-corrected chi connectivity index (χ4v) is 4.50. The third kappa shape index (κ3) is 5.12. The van der Waals surface area contributed by atoms with Gasteiger partial charge in [-0.05, 0) is 11.4 Å². The van der Waals surface area contributed by atoms with E-state index in [-0.39, 0.29) is 17.2 Å². The van der Waals surface area contributed by atoms with Crippen molar-refractivity contribution < 1.29 is 23.7 Å². The average Bonchev–Trinajstić information content (AvgIpc) is 3.25. The van der Waals surface area contributed by atoms with Crippen molar-refractivity contribution in [3.63, 3.8) is 0 Å². The second kappa shape index (κ2) is 10.5. The molecule has 0 saturated heterocycles. The van der Waals surface area contributed by atoms with Crippen LogP contribution >= 0.6 is 23.1 Å². The summed E-state index contributed by atoms with van der Waals surface area (Å²) in [5.74, 6) is 1.10. The van der Waals surface area contributed by atoms with Crippen LogP contribution in [0.1, 0.15) is 0 Å². The zero-order valence-electron chi connectivity index (χ0n) is 17.6. The molecule has 9 nitrogen and oxygen atoms in total. The molecular weight excluding hydrogens is 442 g/mol. The van der Waals surface area contributed by atoms with Crippen LogP contribution in [0.2, 0.25) is 0 Å². The molecule has 0 aliphatic heterocycles. The number of methoxy groups -OCH3 is 4. The van der Waals surface area contributed by atoms with E-state index in [4.69, 9.17) is 18.9 Å². The van der Waals surface area contributed by atoms with Crippen LogP contribution in [-0.4, -0.2) is 56.3 Å². The Morgan fingerprint density at radius 3 is 2.48 bits per heavy atom. The molecule has 0 atom stereocenters. The number of hydrogen-bond acceptors (Lipinski definition) is 9. The highest BCUT2D eigenvalue weighted by Gasteiger charge is 2.17. The minimum absolute atomic E-state index is 0.0612. The summed E-state index contributed by atoms with van der Waals surface area (Å²) in [5.41, 5.74) is 0.985. The molecular formula is C20H23N3O6S2. The quantitative estimate of drug-likeness (QED) is 0.360. The Kier molecular flexibility index (Phi) is 7.77. The highest BCUT2D eigenvalue weighted by Crippen LogP contribution is 2.40. The number of carbonyl (C=O) groups excluding carboxylic acids is 1. The van der Waals surface area contributed by atoms with Crippen LogP contribution in [-0.2, 0) is 16.1 Å². The number of carbonyl (C=O) groups is 1. The first-order valence-electron chi connectivity index (χ1n) is 9.22. The Hall–Kier alpha value is -2.76. The number of aromatic nitrogens is 2. The van der Waals surface area contributed by atoms with Crippen molar-refractivity contribution in [2.75, 3.05) is 46.1 Å². The summed E-state index contributed by atoms with van der Waals surface area (Å²) in [6.07, 6.45) is 0. The molecule has 0 radical (unpaired) electrons. The van der Waals surface area contributed by atoms with E-state index < -0.39 is 0 Å². The van der Waals surface area contributed by atoms with Gasteiger partial charge >= 0.3 is 0 Å². The Morgan fingerprint density at radius 2 is 1.87 bits per heavy atom. The number of nitrogens with zero attached hydrogens (tertiary/aromatic N) is 2. The summed E-state index contributed by atoms with van der Waals surface area (Å²) < 4.78 is 23.1. The van der Waals surface area contributed by atoms with Crippen LogP contribution < -0.4 is 25.1 Å². The van der Waals surface area contributed by atoms with Gasteiger partial charge in [0.05, 0.1) is 45.8 Å². The Bertz CT molecular complexity index is 1100. The highest BCUT2D eigenvalue weighted by molar-refractivity contribution is 7.99. The first-order chi connectivity index (χ1) is 15.0. The van der Waals surface area contributed by atoms with Gasteiger partial charge in [0.15, 0.2) is 16.7 Å². The van der Waals surface area contributed by atoms with Crippen LogP contribution in [0.25, 0.3) is 10.2 Å². The molecule has 1 N–H and O–H groups in total. The second-order valence-corrected chi connectivity index (χ2v) is 8.09. The van der Waals surface area contributed by atoms with Crippen molar-refractivity contribution in [3.8, 4) is 17.2 Å². The molecule has 3 aromatic rings. The number of rotatable bonds is 10. The minimum Gasteiger partial charge on any atom is -0.493 e. The molecule has 0 unspecified atom stereocenters. The van der Waals surface area contributed by atoms with E-state index in [0.717, 1.165) is 0 Å². The standard InChI is InChI=1S/C20H23N3O6S2/c1-26-7-6-23-19(25)18-13(5-8-30-18)22-20(23)31-11-16(24)21-12-9-14(27-2)17(29-4)15(10-12)28-3/h5,8-10H,6-7,11H2,1-4H3,(H,21,24). The Morgan fingerprint density at radius 1 is 1.16 bits per heavy atom. The third-order valence-corrected chi connectivity index (χ3v) is 6.20. The van der Waals surface area contributed by atoms with Gasteiger partial charge in [-0.3, -0.25) is 14.2 Å². The zero-order chi connectivity index (χ0) is 22.4. The SMILES string of the molecule is COCCn1c(SCC(=O)Nc2cc(OC)c(OC)c(OC)c2)nc2ccsc2c1=O. The van der Waals surface area contributed by atoms with Gasteiger partial charge in [-0.1, -0.05) is 11.8 Å². The molecule has 0 aliphatic rings. The number of ether oxygens (including phenoxy) is 4. The fraction of sp³-hybridized carbons (Fsp3) is 0.350. The van der Waals surface area contributed by atoms with Crippen LogP contribution in [0, 0.1) is 0 Å². The van der Waals surface area contributed by atoms with E-state index in [2.05, 4.69) is 10.3 Å². The lowest BCUT2D eigenvalue weighted by Crippen LogP contribution is -2.25. The van der Waals surface area contributed by atoms with E-state index in [9.17, 15) is 9.59 Å². The predicted octanol–water partition coefficient (Wildman–Crippen LogP) is 2.86. The maximum Gasteiger partial charge on any atom is 0.272 e. The van der Waals surface area contributed by atoms with E-state index in [0.29, 0.717) is 51.5 Å². The van der Waals surface area contributed by atoms with Gasteiger partial charge in [-0.15, -0.1) is 11.3 Å². The number of thiophene rings is 1. The van der Waals surface area contributed by atoms with Crippen LogP contribution in [0.3, 0.4) is 0 Å². The highest BCUT2D eigenvalue weighted by atomic mass is 32.2. The van der Waals surface area contributed by atoms with Crippen molar-refractivity contribution in [3.05, 3.63) is 33.9 Å². The number of hydrogen-bond donors (Lipinski definition) is 1. The van der Waals surface area contributed by atoms with E-state index in [1.807, 2.05) is 5.38 Å². The Labute approximate surface area is 187 Å². The van der Waals surface area contributed by atoms with Crippen molar-refractivity contribution in [1.82, 2.24) is 9.55 Å². The molecule has 11 heteroatoms. The lowest BCUT2D eigenvalue weighted by Gasteiger charge is -2.15. The number of amides is 1. The minimum atomic E-state index is -0.266. The summed E-state index contributed by atoms with van der Waals surface area (Å²) in [6.45, 7) is 0.719. The summed E-state index contributed by atoms with van der Waals surface area (Å²) >= 11 is 2.53. The maximum atomic E-state index is 12.8. The predicted molar refractivity (Wildman–Crippen MR) is 121 cm³/mol. The van der Waals surface area contributed by atoms with E-state index >= 15 is 0 Å². The van der Waals surface area contributed by atoms with Crippen LogP contribution in [0.15, 0.2) is 33.5 Å². The van der Waals surface area contributed by atoms with Crippen LogP contribution in [0.5, 0.6) is 17.2 Å². The molecule has 1 aromatic carbocycles. The zero-order valence-corrected chi connectivity index (χ0v) is 19.2. The van der Waals surface area contributed by atoms with Crippen molar-refractivity contribution >= 4 is 44.9 Å².